The lowest BCUT2D eigenvalue weighted by atomic mass is 10.1. The Bertz CT molecular complexity index is 997. The van der Waals surface area contributed by atoms with Gasteiger partial charge in [0, 0.05) is 30.4 Å². The number of ether oxygens (including phenoxy) is 1. The summed E-state index contributed by atoms with van der Waals surface area (Å²) < 4.78 is 40.6. The molecule has 27 heavy (non-hydrogen) atoms. The van der Waals surface area contributed by atoms with E-state index in [1.807, 2.05) is 0 Å². The molecule has 6 nitrogen and oxygen atoms in total. The lowest BCUT2D eigenvalue weighted by molar-refractivity contribution is -0.274. The van der Waals surface area contributed by atoms with E-state index in [0.29, 0.717) is 41.3 Å². The number of aromatic amines is 1. The fourth-order valence-corrected chi connectivity index (χ4v) is 2.88. The fraction of sp³-hybridized carbons (Fsp3) is 0.167. The average Bonchev–Trinajstić information content (AvgIpc) is 3.07. The van der Waals surface area contributed by atoms with Crippen molar-refractivity contribution < 1.29 is 22.7 Å². The fourth-order valence-electron chi connectivity index (χ4n) is 2.88. The number of carbonyl (C=O) groups is 1. The normalized spacial score (nSPS) is 13.8. The summed E-state index contributed by atoms with van der Waals surface area (Å²) >= 11 is 0. The topological polar surface area (TPSA) is 79.9 Å². The molecule has 1 aliphatic heterocycles. The van der Waals surface area contributed by atoms with E-state index in [1.165, 1.54) is 24.3 Å². The smallest absolute Gasteiger partial charge is 0.406 e. The second-order valence-corrected chi connectivity index (χ2v) is 5.92. The molecule has 0 saturated carbocycles. The van der Waals surface area contributed by atoms with Gasteiger partial charge in [0.05, 0.1) is 17.0 Å². The van der Waals surface area contributed by atoms with Crippen LogP contribution in [0.25, 0.3) is 22.8 Å². The van der Waals surface area contributed by atoms with E-state index in [-0.39, 0.29) is 11.7 Å². The highest BCUT2D eigenvalue weighted by molar-refractivity contribution is 5.97. The Morgan fingerprint density at radius 2 is 1.89 bits per heavy atom. The Hall–Kier alpha value is -3.36. The van der Waals surface area contributed by atoms with Crippen LogP contribution in [0.3, 0.4) is 0 Å². The van der Waals surface area contributed by atoms with Gasteiger partial charge in [0.1, 0.15) is 5.75 Å². The first-order valence-corrected chi connectivity index (χ1v) is 8.09. The third-order valence-electron chi connectivity index (χ3n) is 4.08. The molecule has 1 aliphatic rings. The standard InChI is InChI=1S/C18H13F3N4O2/c19-18(20,21)27-11-3-1-10(2-4-11)16-22-7-6-14(25-16)15-9-12-13(24-15)5-8-23-17(12)26/h1-4,6-7,9,24H,5,8H2,(H,23,26). The van der Waals surface area contributed by atoms with Crippen molar-refractivity contribution in [3.8, 4) is 28.5 Å². The number of hydrogen-bond acceptors (Lipinski definition) is 4. The van der Waals surface area contributed by atoms with Crippen LogP contribution in [0.15, 0.2) is 42.6 Å². The van der Waals surface area contributed by atoms with Crippen molar-refractivity contribution in [2.45, 2.75) is 12.8 Å². The molecule has 0 spiro atoms. The molecule has 0 atom stereocenters. The number of halogens is 3. The molecule has 9 heteroatoms. The monoisotopic (exact) mass is 374 g/mol. The summed E-state index contributed by atoms with van der Waals surface area (Å²) in [5.74, 6) is -0.0955. The van der Waals surface area contributed by atoms with E-state index in [1.54, 1.807) is 18.3 Å². The number of carbonyl (C=O) groups excluding carboxylic acids is 1. The van der Waals surface area contributed by atoms with Crippen LogP contribution in [0.1, 0.15) is 16.1 Å². The first-order chi connectivity index (χ1) is 12.9. The molecule has 3 heterocycles. The number of aromatic nitrogens is 3. The summed E-state index contributed by atoms with van der Waals surface area (Å²) in [4.78, 5) is 23.7. The summed E-state index contributed by atoms with van der Waals surface area (Å²) in [7, 11) is 0. The number of fused-ring (bicyclic) bond motifs is 1. The molecule has 138 valence electrons. The van der Waals surface area contributed by atoms with Gasteiger partial charge in [-0.2, -0.15) is 0 Å². The average molecular weight is 374 g/mol. The van der Waals surface area contributed by atoms with E-state index in [2.05, 4.69) is 25.0 Å². The Morgan fingerprint density at radius 3 is 2.59 bits per heavy atom. The zero-order valence-corrected chi connectivity index (χ0v) is 13.8. The highest BCUT2D eigenvalue weighted by Gasteiger charge is 2.31. The highest BCUT2D eigenvalue weighted by Crippen LogP contribution is 2.27. The van der Waals surface area contributed by atoms with Gasteiger partial charge in [0.2, 0.25) is 0 Å². The number of rotatable bonds is 3. The van der Waals surface area contributed by atoms with Gasteiger partial charge in [-0.05, 0) is 36.4 Å². The predicted octanol–water partition coefficient (Wildman–Crippen LogP) is 3.32. The van der Waals surface area contributed by atoms with Gasteiger partial charge in [-0.1, -0.05) is 0 Å². The van der Waals surface area contributed by atoms with Crippen LogP contribution in [0, 0.1) is 0 Å². The summed E-state index contributed by atoms with van der Waals surface area (Å²) in [6.45, 7) is 0.577. The van der Waals surface area contributed by atoms with E-state index in [9.17, 15) is 18.0 Å². The molecule has 0 unspecified atom stereocenters. The van der Waals surface area contributed by atoms with Crippen LogP contribution in [-0.2, 0) is 6.42 Å². The van der Waals surface area contributed by atoms with E-state index in [0.717, 1.165) is 5.69 Å². The van der Waals surface area contributed by atoms with Crippen LogP contribution < -0.4 is 10.1 Å². The Labute approximate surface area is 151 Å². The number of H-pyrrole nitrogens is 1. The molecule has 1 aromatic carbocycles. The number of nitrogens with zero attached hydrogens (tertiary/aromatic N) is 2. The Balaban J connectivity index is 1.62. The maximum atomic E-state index is 12.3. The molecule has 0 radical (unpaired) electrons. The number of hydrogen-bond donors (Lipinski definition) is 2. The summed E-state index contributed by atoms with van der Waals surface area (Å²) in [5, 5.41) is 2.78. The third-order valence-corrected chi connectivity index (χ3v) is 4.08. The molecule has 3 aromatic rings. The SMILES string of the molecule is O=C1NCCc2[nH]c(-c3ccnc(-c4ccc(OC(F)(F)F)cc4)n3)cc21. The maximum Gasteiger partial charge on any atom is 0.573 e. The summed E-state index contributed by atoms with van der Waals surface area (Å²) in [5.41, 5.74) is 3.24. The molecular weight excluding hydrogens is 361 g/mol. The maximum absolute atomic E-state index is 12.3. The zero-order valence-electron chi connectivity index (χ0n) is 13.8. The first-order valence-electron chi connectivity index (χ1n) is 8.09. The zero-order chi connectivity index (χ0) is 19.0. The van der Waals surface area contributed by atoms with Crippen molar-refractivity contribution in [2.24, 2.45) is 0 Å². The van der Waals surface area contributed by atoms with Crippen LogP contribution >= 0.6 is 0 Å². The predicted molar refractivity (Wildman–Crippen MR) is 90.0 cm³/mol. The molecule has 2 aromatic heterocycles. The molecule has 1 amide bonds. The van der Waals surface area contributed by atoms with Crippen molar-refractivity contribution in [3.63, 3.8) is 0 Å². The van der Waals surface area contributed by atoms with Gasteiger partial charge >= 0.3 is 6.36 Å². The van der Waals surface area contributed by atoms with Gasteiger partial charge in [0.25, 0.3) is 5.91 Å². The lowest BCUT2D eigenvalue weighted by Crippen LogP contribution is -2.31. The minimum absolute atomic E-state index is 0.131. The third kappa shape index (κ3) is 3.62. The van der Waals surface area contributed by atoms with Gasteiger partial charge < -0.3 is 15.0 Å². The van der Waals surface area contributed by atoms with Crippen molar-refractivity contribution in [1.82, 2.24) is 20.3 Å². The Morgan fingerprint density at radius 1 is 1.11 bits per heavy atom. The lowest BCUT2D eigenvalue weighted by Gasteiger charge is -2.10. The van der Waals surface area contributed by atoms with Crippen LogP contribution in [0.5, 0.6) is 5.75 Å². The number of nitrogens with one attached hydrogen (secondary N) is 2. The van der Waals surface area contributed by atoms with Gasteiger partial charge in [-0.3, -0.25) is 4.79 Å². The molecule has 0 aliphatic carbocycles. The van der Waals surface area contributed by atoms with E-state index < -0.39 is 6.36 Å². The number of benzene rings is 1. The first kappa shape index (κ1) is 17.1. The second-order valence-electron chi connectivity index (χ2n) is 5.92. The molecule has 2 N–H and O–H groups in total. The second kappa shape index (κ2) is 6.42. The van der Waals surface area contributed by atoms with Crippen LogP contribution in [0.4, 0.5) is 13.2 Å². The summed E-state index contributed by atoms with van der Waals surface area (Å²) in [6, 6.07) is 8.74. The molecular formula is C18H13F3N4O2. The Kier molecular flexibility index (Phi) is 4.06. The van der Waals surface area contributed by atoms with Crippen LogP contribution in [0.2, 0.25) is 0 Å². The molecule has 0 fully saturated rings. The largest absolute Gasteiger partial charge is 0.573 e. The van der Waals surface area contributed by atoms with E-state index in [4.69, 9.17) is 0 Å². The van der Waals surface area contributed by atoms with Crippen molar-refractivity contribution in [1.29, 1.82) is 0 Å². The van der Waals surface area contributed by atoms with Crippen LogP contribution in [-0.4, -0.2) is 33.8 Å². The van der Waals surface area contributed by atoms with Crippen molar-refractivity contribution in [2.75, 3.05) is 6.54 Å². The molecule has 0 bridgehead atoms. The summed E-state index contributed by atoms with van der Waals surface area (Å²) in [6.07, 6.45) is -2.48. The minimum Gasteiger partial charge on any atom is -0.406 e. The minimum atomic E-state index is -4.74. The van der Waals surface area contributed by atoms with Gasteiger partial charge in [0.15, 0.2) is 5.82 Å². The van der Waals surface area contributed by atoms with Gasteiger partial charge in [-0.15, -0.1) is 13.2 Å². The van der Waals surface area contributed by atoms with E-state index >= 15 is 0 Å². The quantitative estimate of drug-likeness (QED) is 0.737. The molecule has 0 saturated heterocycles. The molecule has 4 rings (SSSR count). The highest BCUT2D eigenvalue weighted by atomic mass is 19.4. The number of amides is 1. The van der Waals surface area contributed by atoms with Crippen molar-refractivity contribution >= 4 is 5.91 Å². The van der Waals surface area contributed by atoms with Gasteiger partial charge in [-0.25, -0.2) is 9.97 Å². The van der Waals surface area contributed by atoms with Crippen molar-refractivity contribution in [3.05, 3.63) is 53.9 Å². The number of alkyl halides is 3.